The Morgan fingerprint density at radius 1 is 1.30 bits per heavy atom. The van der Waals surface area contributed by atoms with E-state index in [0.29, 0.717) is 11.5 Å². The zero-order valence-corrected chi connectivity index (χ0v) is 11.1. The van der Waals surface area contributed by atoms with E-state index in [1.54, 1.807) is 0 Å². The van der Waals surface area contributed by atoms with Gasteiger partial charge in [0.25, 0.3) is 5.91 Å². The van der Waals surface area contributed by atoms with E-state index in [9.17, 15) is 22.2 Å². The number of nitrogens with two attached hydrogens (primary N) is 1. The summed E-state index contributed by atoms with van der Waals surface area (Å²) in [6.07, 6.45) is -4.59. The van der Waals surface area contributed by atoms with Gasteiger partial charge in [-0.15, -0.1) is 0 Å². The molecule has 1 amide bonds. The van der Waals surface area contributed by atoms with E-state index in [-0.39, 0.29) is 24.5 Å². The first-order chi connectivity index (χ1) is 9.29. The summed E-state index contributed by atoms with van der Waals surface area (Å²) in [4.78, 5) is 16.3. The SMILES string of the molecule is NC(=O)c1ccc(C(F)(F)F)nc1N1CCS(=O)CC1. The Balaban J connectivity index is 2.42. The fourth-order valence-corrected chi connectivity index (χ4v) is 2.94. The maximum absolute atomic E-state index is 12.7. The van der Waals surface area contributed by atoms with E-state index in [1.807, 2.05) is 0 Å². The normalized spacial score (nSPS) is 17.2. The van der Waals surface area contributed by atoms with Crippen molar-refractivity contribution in [2.75, 3.05) is 29.5 Å². The number of aromatic nitrogens is 1. The number of carbonyl (C=O) groups is 1. The fraction of sp³-hybridized carbons (Fsp3) is 0.455. The number of pyridine rings is 1. The summed E-state index contributed by atoms with van der Waals surface area (Å²) in [6.45, 7) is 0.558. The summed E-state index contributed by atoms with van der Waals surface area (Å²) in [7, 11) is -0.982. The molecule has 0 saturated carbocycles. The first kappa shape index (κ1) is 14.8. The lowest BCUT2D eigenvalue weighted by Gasteiger charge is -2.29. The zero-order chi connectivity index (χ0) is 14.9. The second-order valence-corrected chi connectivity index (χ2v) is 5.96. The predicted octanol–water partition coefficient (Wildman–Crippen LogP) is 0.768. The molecule has 0 spiro atoms. The van der Waals surface area contributed by atoms with Crippen LogP contribution in [0.15, 0.2) is 12.1 Å². The van der Waals surface area contributed by atoms with Gasteiger partial charge in [-0.3, -0.25) is 9.00 Å². The van der Waals surface area contributed by atoms with E-state index in [1.165, 1.54) is 4.90 Å². The Morgan fingerprint density at radius 2 is 1.90 bits per heavy atom. The van der Waals surface area contributed by atoms with Gasteiger partial charge in [0.1, 0.15) is 11.5 Å². The highest BCUT2D eigenvalue weighted by molar-refractivity contribution is 7.85. The van der Waals surface area contributed by atoms with Gasteiger partial charge in [-0.1, -0.05) is 0 Å². The van der Waals surface area contributed by atoms with Gasteiger partial charge in [-0.2, -0.15) is 13.2 Å². The number of carbonyl (C=O) groups excluding carboxylic acids is 1. The summed E-state index contributed by atoms with van der Waals surface area (Å²) < 4.78 is 49.3. The number of rotatable bonds is 2. The molecule has 0 bridgehead atoms. The van der Waals surface area contributed by atoms with Crippen molar-refractivity contribution in [2.45, 2.75) is 6.18 Å². The quantitative estimate of drug-likeness (QED) is 0.875. The topological polar surface area (TPSA) is 76.3 Å². The highest BCUT2D eigenvalue weighted by Crippen LogP contribution is 2.30. The molecular weight excluding hydrogens is 295 g/mol. The van der Waals surface area contributed by atoms with Gasteiger partial charge in [0.2, 0.25) is 0 Å². The molecule has 20 heavy (non-hydrogen) atoms. The number of alkyl halides is 3. The first-order valence-corrected chi connectivity index (χ1v) is 7.26. The molecule has 5 nitrogen and oxygen atoms in total. The van der Waals surface area contributed by atoms with E-state index < -0.39 is 28.6 Å². The van der Waals surface area contributed by atoms with E-state index in [0.717, 1.165) is 12.1 Å². The molecule has 1 aromatic rings. The van der Waals surface area contributed by atoms with Crippen molar-refractivity contribution < 1.29 is 22.2 Å². The predicted molar refractivity (Wildman–Crippen MR) is 67.8 cm³/mol. The van der Waals surface area contributed by atoms with Crippen LogP contribution in [-0.4, -0.2) is 39.7 Å². The fourth-order valence-electron chi connectivity index (χ4n) is 1.89. The second-order valence-electron chi connectivity index (χ2n) is 4.26. The molecule has 1 fully saturated rings. The number of halogens is 3. The third kappa shape index (κ3) is 3.09. The van der Waals surface area contributed by atoms with Crippen molar-refractivity contribution in [3.63, 3.8) is 0 Å². The molecule has 2 rings (SSSR count). The number of anilines is 1. The average Bonchev–Trinajstić information content (AvgIpc) is 2.37. The molecule has 0 unspecified atom stereocenters. The first-order valence-electron chi connectivity index (χ1n) is 5.77. The lowest BCUT2D eigenvalue weighted by atomic mass is 10.2. The maximum atomic E-state index is 12.7. The highest BCUT2D eigenvalue weighted by Gasteiger charge is 2.34. The summed E-state index contributed by atoms with van der Waals surface area (Å²) in [5, 5.41) is 0. The molecule has 1 saturated heterocycles. The Labute approximate surface area is 115 Å². The van der Waals surface area contributed by atoms with Crippen LogP contribution >= 0.6 is 0 Å². The van der Waals surface area contributed by atoms with Crippen LogP contribution in [0, 0.1) is 0 Å². The molecule has 0 aliphatic carbocycles. The van der Waals surface area contributed by atoms with Gasteiger partial charge < -0.3 is 10.6 Å². The monoisotopic (exact) mass is 307 g/mol. The molecule has 0 aromatic carbocycles. The van der Waals surface area contributed by atoms with Crippen molar-refractivity contribution >= 4 is 22.5 Å². The molecule has 1 aliphatic rings. The highest BCUT2D eigenvalue weighted by atomic mass is 32.2. The van der Waals surface area contributed by atoms with Crippen LogP contribution < -0.4 is 10.6 Å². The van der Waals surface area contributed by atoms with Crippen LogP contribution in [-0.2, 0) is 17.0 Å². The minimum atomic E-state index is -4.59. The van der Waals surface area contributed by atoms with Gasteiger partial charge in [0, 0.05) is 35.4 Å². The van der Waals surface area contributed by atoms with E-state index in [2.05, 4.69) is 4.98 Å². The van der Waals surface area contributed by atoms with Crippen LogP contribution in [0.1, 0.15) is 16.1 Å². The number of amides is 1. The van der Waals surface area contributed by atoms with E-state index in [4.69, 9.17) is 5.73 Å². The van der Waals surface area contributed by atoms with Crippen LogP contribution in [0.5, 0.6) is 0 Å². The van der Waals surface area contributed by atoms with Crippen LogP contribution in [0.2, 0.25) is 0 Å². The smallest absolute Gasteiger partial charge is 0.365 e. The average molecular weight is 307 g/mol. The lowest BCUT2D eigenvalue weighted by molar-refractivity contribution is -0.141. The van der Waals surface area contributed by atoms with E-state index >= 15 is 0 Å². The third-order valence-electron chi connectivity index (χ3n) is 2.91. The Morgan fingerprint density at radius 3 is 2.40 bits per heavy atom. The summed E-state index contributed by atoms with van der Waals surface area (Å²) in [5.74, 6) is -0.274. The van der Waals surface area contributed by atoms with Crippen molar-refractivity contribution in [1.82, 2.24) is 4.98 Å². The van der Waals surface area contributed by atoms with Crippen LogP contribution in [0.4, 0.5) is 19.0 Å². The second kappa shape index (κ2) is 5.39. The lowest BCUT2D eigenvalue weighted by Crippen LogP contribution is -2.39. The van der Waals surface area contributed by atoms with Gasteiger partial charge >= 0.3 is 6.18 Å². The van der Waals surface area contributed by atoms with Crippen LogP contribution in [0.3, 0.4) is 0 Å². The Hall–Kier alpha value is -1.64. The summed E-state index contributed by atoms with van der Waals surface area (Å²) in [6, 6.07) is 1.75. The Kier molecular flexibility index (Phi) is 3.98. The number of hydrogen-bond donors (Lipinski definition) is 1. The molecule has 1 aliphatic heterocycles. The standard InChI is InChI=1S/C11H12F3N3O2S/c12-11(13,14)8-2-1-7(9(15)18)10(16-8)17-3-5-20(19)6-4-17/h1-2H,3-6H2,(H2,15,18). The molecule has 0 radical (unpaired) electrons. The number of hydrogen-bond acceptors (Lipinski definition) is 4. The zero-order valence-electron chi connectivity index (χ0n) is 10.3. The van der Waals surface area contributed by atoms with Gasteiger partial charge in [0.05, 0.1) is 5.56 Å². The van der Waals surface area contributed by atoms with Crippen molar-refractivity contribution in [2.24, 2.45) is 5.73 Å². The molecular formula is C11H12F3N3O2S. The molecule has 9 heteroatoms. The van der Waals surface area contributed by atoms with Crippen molar-refractivity contribution in [1.29, 1.82) is 0 Å². The Bertz CT molecular complexity index is 552. The van der Waals surface area contributed by atoms with Crippen LogP contribution in [0.25, 0.3) is 0 Å². The minimum Gasteiger partial charge on any atom is -0.365 e. The van der Waals surface area contributed by atoms with Gasteiger partial charge in [-0.05, 0) is 12.1 Å². The molecule has 110 valence electrons. The molecule has 2 N–H and O–H groups in total. The minimum absolute atomic E-state index is 0.0642. The van der Waals surface area contributed by atoms with Crippen molar-refractivity contribution in [3.8, 4) is 0 Å². The van der Waals surface area contributed by atoms with Gasteiger partial charge in [-0.25, -0.2) is 4.98 Å². The van der Waals surface area contributed by atoms with Crippen molar-refractivity contribution in [3.05, 3.63) is 23.4 Å². The maximum Gasteiger partial charge on any atom is 0.433 e. The largest absolute Gasteiger partial charge is 0.433 e. The summed E-state index contributed by atoms with van der Waals surface area (Å²) >= 11 is 0. The third-order valence-corrected chi connectivity index (χ3v) is 4.18. The van der Waals surface area contributed by atoms with Gasteiger partial charge in [0.15, 0.2) is 0 Å². The number of nitrogens with zero attached hydrogens (tertiary/aromatic N) is 2. The molecule has 0 atom stereocenters. The molecule has 2 heterocycles. The summed E-state index contributed by atoms with van der Waals surface area (Å²) in [5.41, 5.74) is 4.02. The number of primary amides is 1. The molecule has 1 aromatic heterocycles.